The lowest BCUT2D eigenvalue weighted by atomic mass is 10.1. The van der Waals surface area contributed by atoms with Crippen LogP contribution in [0.2, 0.25) is 0 Å². The zero-order chi connectivity index (χ0) is 22.2. The molecule has 0 radical (unpaired) electrons. The molecule has 1 fully saturated rings. The van der Waals surface area contributed by atoms with Crippen molar-refractivity contribution in [2.24, 2.45) is 0 Å². The fraction of sp³-hybridized carbons (Fsp3) is 0.211. The molecular formula is C19H16FN5O5S. The number of H-pyrrole nitrogens is 1. The number of hydrogen-bond donors (Lipinski definition) is 2. The molecule has 2 aromatic carbocycles. The van der Waals surface area contributed by atoms with Gasteiger partial charge in [0, 0.05) is 20.2 Å². The van der Waals surface area contributed by atoms with E-state index in [9.17, 15) is 22.9 Å². The predicted octanol–water partition coefficient (Wildman–Crippen LogP) is 1.71. The van der Waals surface area contributed by atoms with Crippen LogP contribution >= 0.6 is 0 Å². The van der Waals surface area contributed by atoms with Crippen LogP contribution in [0.15, 0.2) is 41.5 Å². The molecule has 4 rings (SSSR count). The molecule has 31 heavy (non-hydrogen) atoms. The number of nitriles is 1. The van der Waals surface area contributed by atoms with Crippen molar-refractivity contribution in [3.05, 3.63) is 58.4 Å². The largest absolute Gasteiger partial charge is 0.453 e. The van der Waals surface area contributed by atoms with E-state index < -0.39 is 27.3 Å². The van der Waals surface area contributed by atoms with Crippen molar-refractivity contribution >= 4 is 26.8 Å². The zero-order valence-electron chi connectivity index (χ0n) is 16.1. The average molecular weight is 445 g/mol. The Bertz CT molecular complexity index is 1360. The van der Waals surface area contributed by atoms with Gasteiger partial charge in [0.15, 0.2) is 11.6 Å². The highest BCUT2D eigenvalue weighted by Gasteiger charge is 2.36. The van der Waals surface area contributed by atoms with Gasteiger partial charge < -0.3 is 14.5 Å². The van der Waals surface area contributed by atoms with E-state index >= 15 is 0 Å². The molecule has 0 saturated carbocycles. The summed E-state index contributed by atoms with van der Waals surface area (Å²) in [5.74, 6) is -1.27. The molecule has 0 atom stereocenters. The number of fused-ring (bicyclic) bond motifs is 1. The number of ether oxygens (including phenoxy) is 2. The second kappa shape index (κ2) is 7.95. The Morgan fingerprint density at radius 3 is 2.81 bits per heavy atom. The van der Waals surface area contributed by atoms with Gasteiger partial charge in [-0.2, -0.15) is 18.0 Å². The van der Waals surface area contributed by atoms with E-state index in [0.717, 1.165) is 16.4 Å². The number of nitrogens with zero attached hydrogens (tertiary/aromatic N) is 3. The minimum absolute atomic E-state index is 0.0760. The van der Waals surface area contributed by atoms with Gasteiger partial charge >= 0.3 is 10.2 Å². The maximum atomic E-state index is 14.5. The smallest absolute Gasteiger partial charge is 0.301 e. The van der Waals surface area contributed by atoms with Crippen molar-refractivity contribution in [1.82, 2.24) is 14.3 Å². The van der Waals surface area contributed by atoms with Crippen LogP contribution < -0.4 is 15.0 Å². The summed E-state index contributed by atoms with van der Waals surface area (Å²) in [7, 11) is -2.49. The second-order valence-corrected chi connectivity index (χ2v) is 8.38. The van der Waals surface area contributed by atoms with Crippen LogP contribution in [0.25, 0.3) is 10.9 Å². The number of hydrogen-bond acceptors (Lipinski definition) is 7. The number of aromatic amines is 1. The third kappa shape index (κ3) is 3.93. The van der Waals surface area contributed by atoms with Crippen LogP contribution in [0.3, 0.4) is 0 Å². The Balaban J connectivity index is 1.67. The Morgan fingerprint density at radius 2 is 2.10 bits per heavy atom. The molecule has 1 saturated heterocycles. The third-order valence-corrected chi connectivity index (χ3v) is 6.24. The predicted molar refractivity (Wildman–Crippen MR) is 108 cm³/mol. The average Bonchev–Trinajstić information content (AvgIpc) is 2.70. The molecule has 0 amide bonds. The van der Waals surface area contributed by atoms with E-state index in [1.165, 1.54) is 31.6 Å². The van der Waals surface area contributed by atoms with Crippen molar-refractivity contribution in [2.45, 2.75) is 6.10 Å². The lowest BCUT2D eigenvalue weighted by molar-refractivity contribution is 0.0128. The fourth-order valence-corrected chi connectivity index (χ4v) is 4.33. The number of halogens is 1. The maximum Gasteiger partial charge on any atom is 0.301 e. The first-order valence-electron chi connectivity index (χ1n) is 9.01. The highest BCUT2D eigenvalue weighted by Crippen LogP contribution is 2.34. The number of nitrogens with one attached hydrogen (secondary N) is 2. The van der Waals surface area contributed by atoms with E-state index in [1.807, 2.05) is 0 Å². The van der Waals surface area contributed by atoms with Gasteiger partial charge in [0.2, 0.25) is 0 Å². The first kappa shape index (κ1) is 20.7. The van der Waals surface area contributed by atoms with E-state index in [-0.39, 0.29) is 41.6 Å². The number of aromatic nitrogens is 2. The first-order chi connectivity index (χ1) is 14.8. The number of methoxy groups -OCH3 is 1. The Kier molecular flexibility index (Phi) is 5.32. The van der Waals surface area contributed by atoms with Crippen molar-refractivity contribution in [3.63, 3.8) is 0 Å². The summed E-state index contributed by atoms with van der Waals surface area (Å²) < 4.78 is 53.6. The van der Waals surface area contributed by atoms with Gasteiger partial charge in [-0.3, -0.25) is 9.52 Å². The number of benzene rings is 2. The van der Waals surface area contributed by atoms with E-state index in [4.69, 9.17) is 9.47 Å². The highest BCUT2D eigenvalue weighted by atomic mass is 32.2. The van der Waals surface area contributed by atoms with Crippen molar-refractivity contribution in [2.75, 3.05) is 24.9 Å². The molecular weight excluding hydrogens is 429 g/mol. The Labute approximate surface area is 176 Å². The van der Waals surface area contributed by atoms with Crippen LogP contribution in [-0.4, -0.2) is 49.0 Å². The van der Waals surface area contributed by atoms with Crippen LogP contribution in [-0.2, 0) is 14.9 Å². The second-order valence-electron chi connectivity index (χ2n) is 6.71. The SMILES string of the molecule is COC1CN(S(=O)(=O)Nc2ccc(F)c(Oc3ccc4nc[nH]c(=O)c4c3)c2C#N)C1. The molecule has 1 aromatic heterocycles. The third-order valence-electron chi connectivity index (χ3n) is 4.78. The number of rotatable bonds is 6. The van der Waals surface area contributed by atoms with Crippen molar-refractivity contribution in [3.8, 4) is 17.6 Å². The standard InChI is InChI=1S/C19H16FN5O5S/c1-29-12-8-25(9-12)31(27,28)24-17-5-3-15(20)18(14(17)7-21)30-11-2-4-16-13(6-11)19(26)23-10-22-16/h2-6,10,12,24H,8-9H2,1H3,(H,22,23,26). The van der Waals surface area contributed by atoms with E-state index in [2.05, 4.69) is 14.7 Å². The molecule has 0 unspecified atom stereocenters. The summed E-state index contributed by atoms with van der Waals surface area (Å²) in [5.41, 5.74) is -0.489. The van der Waals surface area contributed by atoms with Crippen LogP contribution in [0.5, 0.6) is 11.5 Å². The minimum Gasteiger partial charge on any atom is -0.453 e. The van der Waals surface area contributed by atoms with E-state index in [1.54, 1.807) is 6.07 Å². The molecule has 2 heterocycles. The van der Waals surface area contributed by atoms with Gasteiger partial charge in [-0.05, 0) is 30.3 Å². The zero-order valence-corrected chi connectivity index (χ0v) is 16.9. The number of anilines is 1. The molecule has 10 nitrogen and oxygen atoms in total. The summed E-state index contributed by atoms with van der Waals surface area (Å²) in [5, 5.41) is 9.78. The van der Waals surface area contributed by atoms with Crippen LogP contribution in [0, 0.1) is 17.1 Å². The van der Waals surface area contributed by atoms with Gasteiger partial charge in [0.1, 0.15) is 17.4 Å². The van der Waals surface area contributed by atoms with Crippen molar-refractivity contribution < 1.29 is 22.3 Å². The summed E-state index contributed by atoms with van der Waals surface area (Å²) in [6.45, 7) is 0.329. The topological polar surface area (TPSA) is 137 Å². The highest BCUT2D eigenvalue weighted by molar-refractivity contribution is 7.90. The minimum atomic E-state index is -3.97. The van der Waals surface area contributed by atoms with Gasteiger partial charge in [0.25, 0.3) is 5.56 Å². The Hall–Kier alpha value is -3.53. The van der Waals surface area contributed by atoms with Gasteiger partial charge in [0.05, 0.1) is 29.0 Å². The maximum absolute atomic E-state index is 14.5. The normalized spacial score (nSPS) is 14.7. The first-order valence-corrected chi connectivity index (χ1v) is 10.4. The molecule has 12 heteroatoms. The Morgan fingerprint density at radius 1 is 1.32 bits per heavy atom. The summed E-state index contributed by atoms with van der Waals surface area (Å²) in [4.78, 5) is 18.4. The van der Waals surface area contributed by atoms with Crippen LogP contribution in [0.1, 0.15) is 5.56 Å². The van der Waals surface area contributed by atoms with Crippen LogP contribution in [0.4, 0.5) is 10.1 Å². The lowest BCUT2D eigenvalue weighted by Gasteiger charge is -2.36. The molecule has 160 valence electrons. The fourth-order valence-electron chi connectivity index (χ4n) is 3.03. The molecule has 3 aromatic rings. The van der Waals surface area contributed by atoms with Gasteiger partial charge in [-0.25, -0.2) is 9.37 Å². The summed E-state index contributed by atoms with van der Waals surface area (Å²) in [6.07, 6.45) is 1.05. The lowest BCUT2D eigenvalue weighted by Crippen LogP contribution is -2.55. The molecule has 1 aliphatic heterocycles. The van der Waals surface area contributed by atoms with Gasteiger partial charge in [-0.15, -0.1) is 0 Å². The summed E-state index contributed by atoms with van der Waals surface area (Å²) >= 11 is 0. The molecule has 0 aliphatic carbocycles. The van der Waals surface area contributed by atoms with Gasteiger partial charge in [-0.1, -0.05) is 0 Å². The molecule has 0 bridgehead atoms. The van der Waals surface area contributed by atoms with E-state index in [0.29, 0.717) is 5.52 Å². The van der Waals surface area contributed by atoms with Crippen molar-refractivity contribution in [1.29, 1.82) is 5.26 Å². The monoisotopic (exact) mass is 445 g/mol. The summed E-state index contributed by atoms with van der Waals surface area (Å²) in [6, 6.07) is 8.21. The quantitative estimate of drug-likeness (QED) is 0.589. The molecule has 2 N–H and O–H groups in total. The molecule has 1 aliphatic rings. The molecule has 0 spiro atoms.